The summed E-state index contributed by atoms with van der Waals surface area (Å²) in [6, 6.07) is 3.84. The largest absolute Gasteiger partial charge is 0.336 e. The molecule has 0 spiro atoms. The maximum atomic E-state index is 12.7. The molecule has 2 aromatic rings. The summed E-state index contributed by atoms with van der Waals surface area (Å²) in [5.41, 5.74) is 3.36. The molecule has 1 atom stereocenters. The van der Waals surface area contributed by atoms with E-state index in [2.05, 4.69) is 40.9 Å². The maximum Gasteiger partial charge on any atom is 0.274 e. The van der Waals surface area contributed by atoms with E-state index in [-0.39, 0.29) is 17.2 Å². The number of hydrogen-bond donors (Lipinski definition) is 1. The Balaban J connectivity index is 1.73. The number of likely N-dealkylation sites (tertiary alicyclic amines) is 1. The standard InChI is InChI=1S/C18H25N5O/c1-11-8-12(2)20-16(19-11)13-6-7-23(10-13)17(24)14-9-15(22-21-14)18(3,4)5/h8-9,13H,6-7,10H2,1-5H3,(H,21,22)/t13-/m0/s1. The highest BCUT2D eigenvalue weighted by Crippen LogP contribution is 2.27. The van der Waals surface area contributed by atoms with Crippen molar-refractivity contribution in [3.63, 3.8) is 0 Å². The van der Waals surface area contributed by atoms with Gasteiger partial charge in [-0.25, -0.2) is 9.97 Å². The quantitative estimate of drug-likeness (QED) is 0.920. The third-order valence-electron chi connectivity index (χ3n) is 4.45. The Morgan fingerprint density at radius 3 is 2.46 bits per heavy atom. The zero-order valence-electron chi connectivity index (χ0n) is 15.1. The fraction of sp³-hybridized carbons (Fsp3) is 0.556. The lowest BCUT2D eigenvalue weighted by Gasteiger charge is -2.16. The number of carbonyl (C=O) groups excluding carboxylic acids is 1. The molecule has 2 aromatic heterocycles. The van der Waals surface area contributed by atoms with Crippen LogP contribution in [0.25, 0.3) is 0 Å². The third kappa shape index (κ3) is 3.32. The summed E-state index contributed by atoms with van der Waals surface area (Å²) >= 11 is 0. The van der Waals surface area contributed by atoms with E-state index in [1.54, 1.807) is 0 Å². The lowest BCUT2D eigenvalue weighted by molar-refractivity contribution is 0.0784. The summed E-state index contributed by atoms with van der Waals surface area (Å²) in [5, 5.41) is 7.19. The molecule has 0 bridgehead atoms. The van der Waals surface area contributed by atoms with Gasteiger partial charge in [-0.15, -0.1) is 0 Å². The molecule has 0 aromatic carbocycles. The second kappa shape index (κ2) is 6.00. The number of H-pyrrole nitrogens is 1. The number of aromatic amines is 1. The Morgan fingerprint density at radius 1 is 1.21 bits per heavy atom. The highest BCUT2D eigenvalue weighted by Gasteiger charge is 2.31. The first-order valence-corrected chi connectivity index (χ1v) is 8.41. The molecule has 6 heteroatoms. The van der Waals surface area contributed by atoms with Gasteiger partial charge < -0.3 is 4.90 Å². The van der Waals surface area contributed by atoms with E-state index in [0.29, 0.717) is 12.2 Å². The minimum absolute atomic E-state index is 0.0198. The summed E-state index contributed by atoms with van der Waals surface area (Å²) in [6.07, 6.45) is 0.894. The normalized spacial score (nSPS) is 18.2. The number of hydrogen-bond acceptors (Lipinski definition) is 4. The average molecular weight is 327 g/mol. The van der Waals surface area contributed by atoms with Crippen molar-refractivity contribution in [2.75, 3.05) is 13.1 Å². The first-order valence-electron chi connectivity index (χ1n) is 8.41. The Hall–Kier alpha value is -2.24. The SMILES string of the molecule is Cc1cc(C)nc([C@H]2CCN(C(=O)c3cc(C(C)(C)C)[nH]n3)C2)n1. The highest BCUT2D eigenvalue weighted by molar-refractivity contribution is 5.92. The first kappa shape index (κ1) is 16.6. The molecule has 1 fully saturated rings. The van der Waals surface area contributed by atoms with Crippen molar-refractivity contribution in [1.29, 1.82) is 0 Å². The number of carbonyl (C=O) groups is 1. The van der Waals surface area contributed by atoms with Crippen molar-refractivity contribution in [2.45, 2.75) is 52.4 Å². The van der Waals surface area contributed by atoms with Crippen LogP contribution in [0.4, 0.5) is 0 Å². The van der Waals surface area contributed by atoms with E-state index < -0.39 is 0 Å². The molecule has 1 aliphatic heterocycles. The summed E-state index contributed by atoms with van der Waals surface area (Å²) in [4.78, 5) is 23.7. The van der Waals surface area contributed by atoms with Crippen LogP contribution in [0.2, 0.25) is 0 Å². The maximum absolute atomic E-state index is 12.7. The smallest absolute Gasteiger partial charge is 0.274 e. The monoisotopic (exact) mass is 327 g/mol. The second-order valence-corrected chi connectivity index (χ2v) is 7.66. The van der Waals surface area contributed by atoms with Gasteiger partial charge in [-0.2, -0.15) is 5.10 Å². The van der Waals surface area contributed by atoms with Gasteiger partial charge in [0.2, 0.25) is 0 Å². The van der Waals surface area contributed by atoms with Crippen LogP contribution >= 0.6 is 0 Å². The molecule has 0 radical (unpaired) electrons. The molecule has 24 heavy (non-hydrogen) atoms. The minimum atomic E-state index is -0.0496. The molecule has 6 nitrogen and oxygen atoms in total. The van der Waals surface area contributed by atoms with E-state index >= 15 is 0 Å². The van der Waals surface area contributed by atoms with Crippen LogP contribution in [0.1, 0.15) is 66.5 Å². The molecule has 1 amide bonds. The van der Waals surface area contributed by atoms with Gasteiger partial charge in [0, 0.05) is 41.5 Å². The van der Waals surface area contributed by atoms with Crippen molar-refractivity contribution in [3.8, 4) is 0 Å². The fourth-order valence-electron chi connectivity index (χ4n) is 3.07. The molecule has 3 heterocycles. The fourth-order valence-corrected chi connectivity index (χ4v) is 3.07. The zero-order valence-corrected chi connectivity index (χ0v) is 15.1. The van der Waals surface area contributed by atoms with Gasteiger partial charge in [0.05, 0.1) is 0 Å². The summed E-state index contributed by atoms with van der Waals surface area (Å²) in [7, 11) is 0. The predicted octanol–water partition coefficient (Wildman–Crippen LogP) is 2.74. The van der Waals surface area contributed by atoms with Crippen molar-refractivity contribution in [1.82, 2.24) is 25.1 Å². The second-order valence-electron chi connectivity index (χ2n) is 7.66. The Kier molecular flexibility index (Phi) is 4.15. The minimum Gasteiger partial charge on any atom is -0.336 e. The molecule has 0 unspecified atom stereocenters. The highest BCUT2D eigenvalue weighted by atomic mass is 16.2. The molecule has 1 saturated heterocycles. The van der Waals surface area contributed by atoms with Crippen LogP contribution in [-0.2, 0) is 5.41 Å². The first-order chi connectivity index (χ1) is 11.2. The van der Waals surface area contributed by atoms with Crippen LogP contribution < -0.4 is 0 Å². The van der Waals surface area contributed by atoms with Crippen LogP contribution in [0, 0.1) is 13.8 Å². The van der Waals surface area contributed by atoms with Crippen LogP contribution in [-0.4, -0.2) is 44.1 Å². The van der Waals surface area contributed by atoms with Crippen LogP contribution in [0.3, 0.4) is 0 Å². The Labute approximate surface area is 142 Å². The van der Waals surface area contributed by atoms with Gasteiger partial charge in [-0.1, -0.05) is 20.8 Å². The number of amides is 1. The van der Waals surface area contributed by atoms with Gasteiger partial charge in [0.15, 0.2) is 0 Å². The molecule has 0 saturated carbocycles. The van der Waals surface area contributed by atoms with Gasteiger partial charge >= 0.3 is 0 Å². The molecule has 1 aliphatic rings. The van der Waals surface area contributed by atoms with Crippen molar-refractivity contribution < 1.29 is 4.79 Å². The Bertz CT molecular complexity index is 739. The van der Waals surface area contributed by atoms with Gasteiger partial charge in [0.1, 0.15) is 11.5 Å². The molecular weight excluding hydrogens is 302 g/mol. The van der Waals surface area contributed by atoms with Crippen LogP contribution in [0.5, 0.6) is 0 Å². The molecule has 3 rings (SSSR count). The number of nitrogens with zero attached hydrogens (tertiary/aromatic N) is 4. The lowest BCUT2D eigenvalue weighted by atomic mass is 9.92. The molecular formula is C18H25N5O. The number of rotatable bonds is 2. The van der Waals surface area contributed by atoms with Crippen molar-refractivity contribution in [2.24, 2.45) is 0 Å². The van der Waals surface area contributed by atoms with E-state index in [1.807, 2.05) is 30.9 Å². The summed E-state index contributed by atoms with van der Waals surface area (Å²) < 4.78 is 0. The van der Waals surface area contributed by atoms with Gasteiger partial charge in [-0.05, 0) is 32.4 Å². The lowest BCUT2D eigenvalue weighted by Crippen LogP contribution is -2.29. The topological polar surface area (TPSA) is 74.8 Å². The number of aryl methyl sites for hydroxylation is 2. The van der Waals surface area contributed by atoms with Gasteiger partial charge in [0.25, 0.3) is 5.91 Å². The summed E-state index contributed by atoms with van der Waals surface area (Å²) in [5.74, 6) is 1.03. The van der Waals surface area contributed by atoms with Gasteiger partial charge in [-0.3, -0.25) is 9.89 Å². The molecule has 1 N–H and O–H groups in total. The average Bonchev–Trinajstić information content (AvgIpc) is 3.15. The number of aromatic nitrogens is 4. The van der Waals surface area contributed by atoms with Crippen LogP contribution in [0.15, 0.2) is 12.1 Å². The van der Waals surface area contributed by atoms with E-state index in [4.69, 9.17) is 0 Å². The third-order valence-corrected chi connectivity index (χ3v) is 4.45. The summed E-state index contributed by atoms with van der Waals surface area (Å²) in [6.45, 7) is 11.6. The Morgan fingerprint density at radius 2 is 1.88 bits per heavy atom. The molecule has 128 valence electrons. The zero-order chi connectivity index (χ0) is 17.5. The molecule has 0 aliphatic carbocycles. The van der Waals surface area contributed by atoms with Crippen molar-refractivity contribution >= 4 is 5.91 Å². The van der Waals surface area contributed by atoms with Crippen molar-refractivity contribution in [3.05, 3.63) is 40.7 Å². The van der Waals surface area contributed by atoms with E-state index in [1.165, 1.54) is 0 Å². The number of nitrogens with one attached hydrogen (secondary N) is 1. The van der Waals surface area contributed by atoms with E-state index in [9.17, 15) is 4.79 Å². The van der Waals surface area contributed by atoms with E-state index in [0.717, 1.165) is 35.9 Å². The predicted molar refractivity (Wildman–Crippen MR) is 92.1 cm³/mol.